The Morgan fingerprint density at radius 1 is 1.33 bits per heavy atom. The molecule has 0 aromatic carbocycles. The number of rotatable bonds is 7. The molecule has 1 amide bonds. The van der Waals surface area contributed by atoms with E-state index in [1.54, 1.807) is 23.2 Å². The summed E-state index contributed by atoms with van der Waals surface area (Å²) in [5, 5.41) is 0. The molecule has 1 aromatic heterocycles. The number of pyridine rings is 1. The number of sulfonamides is 1. The highest BCUT2D eigenvalue weighted by Crippen LogP contribution is 2.23. The first-order chi connectivity index (χ1) is 11.3. The highest BCUT2D eigenvalue weighted by Gasteiger charge is 2.35. The molecule has 1 saturated heterocycles. The van der Waals surface area contributed by atoms with Crippen molar-refractivity contribution in [1.82, 2.24) is 14.2 Å². The number of hydrogen-bond donors (Lipinski definition) is 1. The molecule has 134 valence electrons. The zero-order valence-corrected chi connectivity index (χ0v) is 15.0. The zero-order valence-electron chi connectivity index (χ0n) is 14.1. The standard InChI is InChI=1S/C16H25N3O4S/c1-3-6-13-11-19(12-14(13)17-24(2,22)23)16(21)8-10-18-9-5-4-7-15(18)20/h4-5,7,9,13-14,17H,3,6,8,10-12H2,1-2H3/t13-,14-/m1/s1. The van der Waals surface area contributed by atoms with Crippen LogP contribution in [0.4, 0.5) is 0 Å². The van der Waals surface area contributed by atoms with Crippen LogP contribution in [-0.2, 0) is 21.4 Å². The smallest absolute Gasteiger partial charge is 0.250 e. The van der Waals surface area contributed by atoms with Crippen molar-refractivity contribution < 1.29 is 13.2 Å². The van der Waals surface area contributed by atoms with Crippen LogP contribution in [0.25, 0.3) is 0 Å². The van der Waals surface area contributed by atoms with Gasteiger partial charge in [0.25, 0.3) is 5.56 Å². The van der Waals surface area contributed by atoms with Crippen LogP contribution < -0.4 is 10.3 Å². The van der Waals surface area contributed by atoms with Crippen molar-refractivity contribution in [3.05, 3.63) is 34.7 Å². The van der Waals surface area contributed by atoms with E-state index in [1.807, 2.05) is 6.92 Å². The van der Waals surface area contributed by atoms with Gasteiger partial charge in [-0.05, 0) is 18.4 Å². The fourth-order valence-corrected chi connectivity index (χ4v) is 3.98. The van der Waals surface area contributed by atoms with Crippen LogP contribution in [0.2, 0.25) is 0 Å². The van der Waals surface area contributed by atoms with Crippen molar-refractivity contribution in [3.63, 3.8) is 0 Å². The van der Waals surface area contributed by atoms with Gasteiger partial charge in [0.1, 0.15) is 0 Å². The number of carbonyl (C=O) groups excluding carboxylic acids is 1. The van der Waals surface area contributed by atoms with Crippen LogP contribution in [0.15, 0.2) is 29.2 Å². The number of nitrogens with zero attached hydrogens (tertiary/aromatic N) is 2. The highest BCUT2D eigenvalue weighted by molar-refractivity contribution is 7.88. The fourth-order valence-electron chi connectivity index (χ4n) is 3.17. The Kier molecular flexibility index (Phi) is 6.17. The molecule has 1 aliphatic rings. The lowest BCUT2D eigenvalue weighted by atomic mass is 9.99. The lowest BCUT2D eigenvalue weighted by Crippen LogP contribution is -2.40. The average Bonchev–Trinajstić information content (AvgIpc) is 2.87. The Balaban J connectivity index is 1.97. The SMILES string of the molecule is CCC[C@@H]1CN(C(=O)CCn2ccccc2=O)C[C@H]1NS(C)(=O)=O. The summed E-state index contributed by atoms with van der Waals surface area (Å²) in [4.78, 5) is 25.8. The molecule has 1 aromatic rings. The van der Waals surface area contributed by atoms with Gasteiger partial charge in [0, 0.05) is 44.4 Å². The van der Waals surface area contributed by atoms with E-state index in [-0.39, 0.29) is 29.8 Å². The monoisotopic (exact) mass is 355 g/mol. The minimum atomic E-state index is -3.30. The Morgan fingerprint density at radius 2 is 2.08 bits per heavy atom. The summed E-state index contributed by atoms with van der Waals surface area (Å²) in [6, 6.07) is 4.65. The highest BCUT2D eigenvalue weighted by atomic mass is 32.2. The van der Waals surface area contributed by atoms with Crippen LogP contribution in [0, 0.1) is 5.92 Å². The molecule has 0 bridgehead atoms. The fraction of sp³-hybridized carbons (Fsp3) is 0.625. The van der Waals surface area contributed by atoms with Gasteiger partial charge in [-0.1, -0.05) is 19.4 Å². The lowest BCUT2D eigenvalue weighted by Gasteiger charge is -2.17. The Morgan fingerprint density at radius 3 is 2.71 bits per heavy atom. The first kappa shape index (κ1) is 18.7. The summed E-state index contributed by atoms with van der Waals surface area (Å²) >= 11 is 0. The molecule has 0 radical (unpaired) electrons. The molecule has 0 unspecified atom stereocenters. The van der Waals surface area contributed by atoms with Crippen LogP contribution in [0.5, 0.6) is 0 Å². The Bertz CT molecular complexity index is 729. The summed E-state index contributed by atoms with van der Waals surface area (Å²) < 4.78 is 27.2. The largest absolute Gasteiger partial charge is 0.341 e. The number of aryl methyl sites for hydroxylation is 1. The van der Waals surface area contributed by atoms with E-state index in [9.17, 15) is 18.0 Å². The molecule has 7 nitrogen and oxygen atoms in total. The maximum absolute atomic E-state index is 12.4. The molecular weight excluding hydrogens is 330 g/mol. The van der Waals surface area contributed by atoms with Gasteiger partial charge in [-0.2, -0.15) is 0 Å². The van der Waals surface area contributed by atoms with E-state index >= 15 is 0 Å². The van der Waals surface area contributed by atoms with E-state index < -0.39 is 10.0 Å². The summed E-state index contributed by atoms with van der Waals surface area (Å²) in [5.74, 6) is 0.0813. The number of nitrogens with one attached hydrogen (secondary N) is 1. The first-order valence-corrected chi connectivity index (χ1v) is 10.1. The van der Waals surface area contributed by atoms with Gasteiger partial charge in [-0.25, -0.2) is 13.1 Å². The van der Waals surface area contributed by atoms with Crippen molar-refractivity contribution >= 4 is 15.9 Å². The minimum Gasteiger partial charge on any atom is -0.341 e. The van der Waals surface area contributed by atoms with E-state index in [2.05, 4.69) is 4.72 Å². The molecule has 1 fully saturated rings. The topological polar surface area (TPSA) is 88.5 Å². The van der Waals surface area contributed by atoms with E-state index in [0.717, 1.165) is 19.1 Å². The van der Waals surface area contributed by atoms with E-state index in [1.165, 1.54) is 10.6 Å². The molecule has 2 atom stereocenters. The van der Waals surface area contributed by atoms with Crippen molar-refractivity contribution in [2.75, 3.05) is 19.3 Å². The van der Waals surface area contributed by atoms with Gasteiger partial charge in [-0.3, -0.25) is 9.59 Å². The maximum atomic E-state index is 12.4. The molecule has 0 aliphatic carbocycles. The number of aromatic nitrogens is 1. The number of likely N-dealkylation sites (tertiary alicyclic amines) is 1. The summed E-state index contributed by atoms with van der Waals surface area (Å²) in [5.41, 5.74) is -0.132. The van der Waals surface area contributed by atoms with Crippen LogP contribution in [-0.4, -0.2) is 49.2 Å². The Hall–Kier alpha value is -1.67. The van der Waals surface area contributed by atoms with Crippen molar-refractivity contribution in [2.24, 2.45) is 5.92 Å². The third-order valence-corrected chi connectivity index (χ3v) is 5.02. The number of hydrogen-bond acceptors (Lipinski definition) is 4. The van der Waals surface area contributed by atoms with E-state index in [0.29, 0.717) is 19.6 Å². The van der Waals surface area contributed by atoms with Crippen LogP contribution in [0.3, 0.4) is 0 Å². The molecule has 2 heterocycles. The van der Waals surface area contributed by atoms with Gasteiger partial charge in [0.2, 0.25) is 15.9 Å². The predicted octanol–water partition coefficient (Wildman–Crippen LogP) is 0.415. The summed E-state index contributed by atoms with van der Waals surface area (Å²) in [7, 11) is -3.30. The molecule has 8 heteroatoms. The number of carbonyl (C=O) groups is 1. The van der Waals surface area contributed by atoms with Crippen LogP contribution in [0.1, 0.15) is 26.2 Å². The van der Waals surface area contributed by atoms with E-state index in [4.69, 9.17) is 0 Å². The predicted molar refractivity (Wildman–Crippen MR) is 92.1 cm³/mol. The Labute approximate surface area is 142 Å². The summed E-state index contributed by atoms with van der Waals surface area (Å²) in [6.45, 7) is 3.32. The van der Waals surface area contributed by atoms with Crippen molar-refractivity contribution in [1.29, 1.82) is 0 Å². The summed E-state index contributed by atoms with van der Waals surface area (Å²) in [6.07, 6.45) is 4.84. The van der Waals surface area contributed by atoms with Gasteiger partial charge < -0.3 is 9.47 Å². The molecule has 1 N–H and O–H groups in total. The average molecular weight is 355 g/mol. The molecule has 1 aliphatic heterocycles. The zero-order chi connectivity index (χ0) is 17.7. The lowest BCUT2D eigenvalue weighted by molar-refractivity contribution is -0.130. The second kappa shape index (κ2) is 7.94. The quantitative estimate of drug-likeness (QED) is 0.767. The van der Waals surface area contributed by atoms with Gasteiger partial charge in [-0.15, -0.1) is 0 Å². The van der Waals surface area contributed by atoms with Gasteiger partial charge >= 0.3 is 0 Å². The van der Waals surface area contributed by atoms with Gasteiger partial charge in [0.05, 0.1) is 6.26 Å². The normalized spacial score (nSPS) is 21.2. The molecular formula is C16H25N3O4S. The molecule has 24 heavy (non-hydrogen) atoms. The third-order valence-electron chi connectivity index (χ3n) is 4.28. The minimum absolute atomic E-state index is 0.0512. The van der Waals surface area contributed by atoms with Crippen LogP contribution >= 0.6 is 0 Å². The second-order valence-electron chi connectivity index (χ2n) is 6.33. The molecule has 2 rings (SSSR count). The van der Waals surface area contributed by atoms with Crippen molar-refractivity contribution in [3.8, 4) is 0 Å². The van der Waals surface area contributed by atoms with Gasteiger partial charge in [0.15, 0.2) is 0 Å². The second-order valence-corrected chi connectivity index (χ2v) is 8.11. The molecule has 0 saturated carbocycles. The van der Waals surface area contributed by atoms with Crippen molar-refractivity contribution in [2.45, 2.75) is 38.8 Å². The molecule has 0 spiro atoms. The maximum Gasteiger partial charge on any atom is 0.250 e. The number of amides is 1. The first-order valence-electron chi connectivity index (χ1n) is 8.20. The third kappa shape index (κ3) is 5.17.